The highest BCUT2D eigenvalue weighted by molar-refractivity contribution is 7.10. The van der Waals surface area contributed by atoms with Gasteiger partial charge in [-0.25, -0.2) is 0 Å². The minimum Gasteiger partial charge on any atom is -0.426 e. The van der Waals surface area contributed by atoms with Gasteiger partial charge in [0.25, 0.3) is 0 Å². The van der Waals surface area contributed by atoms with E-state index in [0.29, 0.717) is 18.1 Å². The average molecular weight is 260 g/mol. The molecule has 2 rings (SSSR count). The van der Waals surface area contributed by atoms with Gasteiger partial charge in [0, 0.05) is 4.88 Å². The van der Waals surface area contributed by atoms with Crippen molar-refractivity contribution in [2.75, 3.05) is 0 Å². The van der Waals surface area contributed by atoms with Crippen molar-refractivity contribution < 1.29 is 9.53 Å². The number of rotatable bonds is 4. The van der Waals surface area contributed by atoms with E-state index in [9.17, 15) is 4.79 Å². The summed E-state index contributed by atoms with van der Waals surface area (Å²) >= 11 is 1.57. The highest BCUT2D eigenvalue weighted by Crippen LogP contribution is 2.19. The molecule has 1 aromatic heterocycles. The van der Waals surface area contributed by atoms with Crippen LogP contribution in [0.5, 0.6) is 5.75 Å². The Hall–Kier alpha value is -1.61. The van der Waals surface area contributed by atoms with Crippen LogP contribution in [0.1, 0.15) is 30.2 Å². The molecule has 2 nitrogen and oxygen atoms in total. The fraction of sp³-hybridized carbons (Fsp3) is 0.267. The fourth-order valence-corrected chi connectivity index (χ4v) is 2.33. The predicted octanol–water partition coefficient (Wildman–Crippen LogP) is 4.02. The lowest BCUT2D eigenvalue weighted by Gasteiger charge is -2.07. The summed E-state index contributed by atoms with van der Waals surface area (Å²) in [5, 5.41) is 1.96. The van der Waals surface area contributed by atoms with Gasteiger partial charge in [-0.05, 0) is 35.1 Å². The van der Waals surface area contributed by atoms with Gasteiger partial charge in [0.1, 0.15) is 5.75 Å². The van der Waals surface area contributed by atoms with E-state index in [0.717, 1.165) is 4.88 Å². The zero-order chi connectivity index (χ0) is 13.0. The highest BCUT2D eigenvalue weighted by atomic mass is 32.1. The molecule has 0 aliphatic rings. The molecule has 0 aliphatic heterocycles. The Balaban J connectivity index is 1.95. The van der Waals surface area contributed by atoms with Gasteiger partial charge >= 0.3 is 5.97 Å². The molecular weight excluding hydrogens is 244 g/mol. The molecule has 3 heteroatoms. The van der Waals surface area contributed by atoms with Gasteiger partial charge in [0.2, 0.25) is 0 Å². The van der Waals surface area contributed by atoms with Gasteiger partial charge < -0.3 is 4.74 Å². The van der Waals surface area contributed by atoms with Gasteiger partial charge in [-0.3, -0.25) is 4.79 Å². The van der Waals surface area contributed by atoms with Gasteiger partial charge in [0.05, 0.1) is 6.42 Å². The number of benzene rings is 1. The summed E-state index contributed by atoms with van der Waals surface area (Å²) in [6, 6.07) is 11.6. The molecule has 94 valence electrons. The molecule has 2 aromatic rings. The second kappa shape index (κ2) is 5.83. The predicted molar refractivity (Wildman–Crippen MR) is 74.2 cm³/mol. The van der Waals surface area contributed by atoms with E-state index in [1.54, 1.807) is 11.3 Å². The van der Waals surface area contributed by atoms with Gasteiger partial charge in [-0.2, -0.15) is 0 Å². The molecule has 0 spiro atoms. The SMILES string of the molecule is CC(C)c1ccc(OC(=O)Cc2cccs2)cc1. The molecular formula is C15H16O2S. The minimum absolute atomic E-state index is 0.213. The van der Waals surface area contributed by atoms with Crippen LogP contribution >= 0.6 is 11.3 Å². The summed E-state index contributed by atoms with van der Waals surface area (Å²) < 4.78 is 5.29. The van der Waals surface area contributed by atoms with Crippen molar-refractivity contribution in [3.8, 4) is 5.75 Å². The number of hydrogen-bond donors (Lipinski definition) is 0. The Labute approximate surface area is 111 Å². The minimum atomic E-state index is -0.213. The molecule has 0 bridgehead atoms. The largest absolute Gasteiger partial charge is 0.426 e. The summed E-state index contributed by atoms with van der Waals surface area (Å²) in [5.41, 5.74) is 1.24. The number of thiophene rings is 1. The van der Waals surface area contributed by atoms with Crippen LogP contribution in [0.4, 0.5) is 0 Å². The van der Waals surface area contributed by atoms with Crippen molar-refractivity contribution in [2.24, 2.45) is 0 Å². The number of ether oxygens (including phenoxy) is 1. The van der Waals surface area contributed by atoms with E-state index in [2.05, 4.69) is 13.8 Å². The maximum Gasteiger partial charge on any atom is 0.316 e. The number of hydrogen-bond acceptors (Lipinski definition) is 3. The van der Waals surface area contributed by atoms with Crippen LogP contribution in [-0.2, 0) is 11.2 Å². The maximum absolute atomic E-state index is 11.7. The Morgan fingerprint density at radius 1 is 1.22 bits per heavy atom. The topological polar surface area (TPSA) is 26.3 Å². The Morgan fingerprint density at radius 3 is 2.50 bits per heavy atom. The normalized spacial score (nSPS) is 10.6. The monoisotopic (exact) mass is 260 g/mol. The van der Waals surface area contributed by atoms with Crippen LogP contribution < -0.4 is 4.74 Å². The third-order valence-electron chi connectivity index (χ3n) is 2.68. The van der Waals surface area contributed by atoms with Crippen LogP contribution in [-0.4, -0.2) is 5.97 Å². The zero-order valence-electron chi connectivity index (χ0n) is 10.6. The molecule has 0 atom stereocenters. The first-order chi connectivity index (χ1) is 8.65. The second-order valence-corrected chi connectivity index (χ2v) is 5.49. The molecule has 0 amide bonds. The van der Waals surface area contributed by atoms with Crippen LogP contribution in [0.25, 0.3) is 0 Å². The van der Waals surface area contributed by atoms with E-state index in [4.69, 9.17) is 4.74 Å². The molecule has 0 N–H and O–H groups in total. The first-order valence-corrected chi connectivity index (χ1v) is 6.86. The van der Waals surface area contributed by atoms with Crippen LogP contribution in [0.15, 0.2) is 41.8 Å². The zero-order valence-corrected chi connectivity index (χ0v) is 11.4. The van der Waals surface area contributed by atoms with Crippen molar-refractivity contribution >= 4 is 17.3 Å². The van der Waals surface area contributed by atoms with Crippen molar-refractivity contribution in [3.05, 3.63) is 52.2 Å². The van der Waals surface area contributed by atoms with Crippen LogP contribution in [0, 0.1) is 0 Å². The molecule has 0 unspecified atom stereocenters. The molecule has 0 aliphatic carbocycles. The van der Waals surface area contributed by atoms with Crippen LogP contribution in [0.2, 0.25) is 0 Å². The molecule has 0 radical (unpaired) electrons. The fourth-order valence-electron chi connectivity index (χ4n) is 1.64. The van der Waals surface area contributed by atoms with Crippen molar-refractivity contribution in [1.82, 2.24) is 0 Å². The first kappa shape index (κ1) is 12.8. The Kier molecular flexibility index (Phi) is 4.15. The number of carbonyl (C=O) groups excluding carboxylic acids is 1. The Morgan fingerprint density at radius 2 is 1.94 bits per heavy atom. The molecule has 0 saturated carbocycles. The standard InChI is InChI=1S/C15H16O2S/c1-11(2)12-5-7-13(8-6-12)17-15(16)10-14-4-3-9-18-14/h3-9,11H,10H2,1-2H3. The summed E-state index contributed by atoms with van der Waals surface area (Å²) in [6.45, 7) is 4.27. The lowest BCUT2D eigenvalue weighted by molar-refractivity contribution is -0.133. The highest BCUT2D eigenvalue weighted by Gasteiger charge is 2.07. The first-order valence-electron chi connectivity index (χ1n) is 5.98. The van der Waals surface area contributed by atoms with Crippen molar-refractivity contribution in [3.63, 3.8) is 0 Å². The lowest BCUT2D eigenvalue weighted by atomic mass is 10.0. The van der Waals surface area contributed by atoms with Gasteiger partial charge in [-0.1, -0.05) is 32.0 Å². The maximum atomic E-state index is 11.7. The number of carbonyl (C=O) groups is 1. The summed E-state index contributed by atoms with van der Waals surface area (Å²) in [4.78, 5) is 12.7. The Bertz CT molecular complexity index is 498. The quantitative estimate of drug-likeness (QED) is 0.613. The third-order valence-corrected chi connectivity index (χ3v) is 3.55. The molecule has 18 heavy (non-hydrogen) atoms. The number of esters is 1. The summed E-state index contributed by atoms with van der Waals surface area (Å²) in [5.74, 6) is 0.886. The summed E-state index contributed by atoms with van der Waals surface area (Å²) in [7, 11) is 0. The van der Waals surface area contributed by atoms with Gasteiger partial charge in [-0.15, -0.1) is 11.3 Å². The van der Waals surface area contributed by atoms with E-state index in [1.165, 1.54) is 5.56 Å². The molecule has 0 saturated heterocycles. The average Bonchev–Trinajstić information content (AvgIpc) is 2.82. The van der Waals surface area contributed by atoms with Crippen molar-refractivity contribution in [2.45, 2.75) is 26.2 Å². The van der Waals surface area contributed by atoms with Crippen LogP contribution in [0.3, 0.4) is 0 Å². The van der Waals surface area contributed by atoms with E-state index < -0.39 is 0 Å². The third kappa shape index (κ3) is 3.44. The molecule has 1 aromatic carbocycles. The lowest BCUT2D eigenvalue weighted by Crippen LogP contribution is -2.10. The van der Waals surface area contributed by atoms with E-state index in [-0.39, 0.29) is 5.97 Å². The van der Waals surface area contributed by atoms with Gasteiger partial charge in [0.15, 0.2) is 0 Å². The molecule has 0 fully saturated rings. The second-order valence-electron chi connectivity index (χ2n) is 4.45. The van der Waals surface area contributed by atoms with E-state index >= 15 is 0 Å². The summed E-state index contributed by atoms with van der Waals surface area (Å²) in [6.07, 6.45) is 0.337. The molecule has 1 heterocycles. The van der Waals surface area contributed by atoms with E-state index in [1.807, 2.05) is 41.8 Å². The van der Waals surface area contributed by atoms with Crippen molar-refractivity contribution in [1.29, 1.82) is 0 Å². The smallest absolute Gasteiger partial charge is 0.316 e.